The molecule has 0 saturated carbocycles. The van der Waals surface area contributed by atoms with E-state index in [0.717, 1.165) is 31.9 Å². The molecule has 1 aliphatic rings. The first kappa shape index (κ1) is 21.9. The van der Waals surface area contributed by atoms with Crippen molar-refractivity contribution < 1.29 is 4.42 Å². The number of nitrogen functional groups attached to an aromatic ring is 1. The van der Waals surface area contributed by atoms with Crippen molar-refractivity contribution in [3.05, 3.63) is 58.7 Å². The van der Waals surface area contributed by atoms with Crippen molar-refractivity contribution in [3.63, 3.8) is 0 Å². The van der Waals surface area contributed by atoms with Crippen LogP contribution in [-0.4, -0.2) is 66.3 Å². The zero-order valence-corrected chi connectivity index (χ0v) is 19.7. The highest BCUT2D eigenvalue weighted by molar-refractivity contribution is 5.88. The molecule has 0 bridgehead atoms. The Morgan fingerprint density at radius 1 is 1.06 bits per heavy atom. The highest BCUT2D eigenvalue weighted by atomic mass is 16.3. The first-order valence-electron chi connectivity index (χ1n) is 11.7. The minimum absolute atomic E-state index is 0.151. The zero-order valence-electron chi connectivity index (χ0n) is 19.7. The van der Waals surface area contributed by atoms with E-state index >= 15 is 0 Å². The van der Waals surface area contributed by atoms with Gasteiger partial charge in [-0.2, -0.15) is 14.8 Å². The van der Waals surface area contributed by atoms with Crippen LogP contribution in [0, 0.1) is 11.3 Å². The minimum atomic E-state index is -0.177. The van der Waals surface area contributed by atoms with E-state index in [1.165, 1.54) is 4.52 Å². The van der Waals surface area contributed by atoms with Crippen LogP contribution in [0.4, 0.5) is 11.6 Å². The third kappa shape index (κ3) is 3.57. The number of nitriles is 1. The van der Waals surface area contributed by atoms with Gasteiger partial charge < -0.3 is 15.1 Å². The van der Waals surface area contributed by atoms with E-state index in [2.05, 4.69) is 30.9 Å². The summed E-state index contributed by atoms with van der Waals surface area (Å²) < 4.78 is 10.0. The quantitative estimate of drug-likeness (QED) is 0.391. The second kappa shape index (κ2) is 8.54. The summed E-state index contributed by atoms with van der Waals surface area (Å²) >= 11 is 0. The van der Waals surface area contributed by atoms with Crippen molar-refractivity contribution >= 4 is 28.4 Å². The Morgan fingerprint density at radius 2 is 1.83 bits per heavy atom. The maximum absolute atomic E-state index is 13.2. The molecular formula is C24H24N10O2. The number of piperazine rings is 1. The molecule has 0 aliphatic carbocycles. The summed E-state index contributed by atoms with van der Waals surface area (Å²) in [5, 5.41) is 13.4. The van der Waals surface area contributed by atoms with Gasteiger partial charge in [0.05, 0.1) is 17.9 Å². The largest absolute Gasteiger partial charge is 0.461 e. The Bertz CT molecular complexity index is 1650. The molecule has 1 aliphatic heterocycles. The summed E-state index contributed by atoms with van der Waals surface area (Å²) in [6, 6.07) is 13.3. The number of rotatable bonds is 5. The van der Waals surface area contributed by atoms with Gasteiger partial charge >= 0.3 is 5.69 Å². The van der Waals surface area contributed by atoms with Crippen LogP contribution < -0.4 is 16.3 Å². The van der Waals surface area contributed by atoms with E-state index in [1.54, 1.807) is 34.6 Å². The molecule has 6 rings (SSSR count). The van der Waals surface area contributed by atoms with Gasteiger partial charge in [-0.05, 0) is 36.4 Å². The molecule has 2 N–H and O–H groups in total. The predicted molar refractivity (Wildman–Crippen MR) is 133 cm³/mol. The number of hydrogen-bond donors (Lipinski definition) is 1. The smallest absolute Gasteiger partial charge is 0.330 e. The Labute approximate surface area is 205 Å². The lowest BCUT2D eigenvalue weighted by molar-refractivity contribution is 0.248. The number of benzene rings is 1. The summed E-state index contributed by atoms with van der Waals surface area (Å²) in [6.07, 6.45) is 1.55. The normalized spacial score (nSPS) is 14.6. The third-order valence-corrected chi connectivity index (χ3v) is 6.69. The zero-order chi connectivity index (χ0) is 24.8. The number of nitrogens with two attached hydrogens (primary N) is 1. The molecule has 0 spiro atoms. The molecule has 0 atom stereocenters. The molecular weight excluding hydrogens is 460 g/mol. The van der Waals surface area contributed by atoms with Crippen molar-refractivity contribution in [2.75, 3.05) is 43.4 Å². The number of furan rings is 1. The molecule has 5 heterocycles. The standard InChI is InChI=1S/C24H24N10O2/c1-30-19-21(28-23(26)34-22(19)27-20(29-34)18-3-2-14-36-18)33(24(30)35)13-10-31-8-11-32(12-9-31)17-6-4-16(15-25)5-7-17/h2-7,14H,8-13H2,1H3,(H2,26,28). The molecule has 1 aromatic carbocycles. The van der Waals surface area contributed by atoms with Crippen molar-refractivity contribution in [2.45, 2.75) is 6.54 Å². The summed E-state index contributed by atoms with van der Waals surface area (Å²) in [6.45, 7) is 4.67. The molecule has 0 amide bonds. The van der Waals surface area contributed by atoms with Crippen LogP contribution in [-0.2, 0) is 13.6 Å². The highest BCUT2D eigenvalue weighted by Crippen LogP contribution is 2.23. The van der Waals surface area contributed by atoms with E-state index in [9.17, 15) is 4.79 Å². The topological polar surface area (TPSA) is 139 Å². The van der Waals surface area contributed by atoms with Gasteiger partial charge in [-0.15, -0.1) is 5.10 Å². The number of aryl methyl sites for hydroxylation is 1. The van der Waals surface area contributed by atoms with Gasteiger partial charge in [0.2, 0.25) is 11.8 Å². The lowest BCUT2D eigenvalue weighted by Gasteiger charge is -2.36. The minimum Gasteiger partial charge on any atom is -0.461 e. The van der Waals surface area contributed by atoms with Gasteiger partial charge in [-0.3, -0.25) is 14.0 Å². The molecule has 182 valence electrons. The second-order valence-corrected chi connectivity index (χ2v) is 8.77. The summed E-state index contributed by atoms with van der Waals surface area (Å²) in [5.41, 5.74) is 9.32. The van der Waals surface area contributed by atoms with Gasteiger partial charge in [0.25, 0.3) is 0 Å². The van der Waals surface area contributed by atoms with Crippen LogP contribution >= 0.6 is 0 Å². The molecule has 4 aromatic heterocycles. The monoisotopic (exact) mass is 484 g/mol. The van der Waals surface area contributed by atoms with Gasteiger partial charge in [-0.1, -0.05) is 0 Å². The number of aromatic nitrogens is 6. The fraction of sp³-hybridized carbons (Fsp3) is 0.292. The van der Waals surface area contributed by atoms with Crippen LogP contribution in [0.5, 0.6) is 0 Å². The first-order chi connectivity index (χ1) is 17.5. The lowest BCUT2D eigenvalue weighted by Crippen LogP contribution is -2.47. The van der Waals surface area contributed by atoms with E-state index in [4.69, 9.17) is 15.4 Å². The maximum Gasteiger partial charge on any atom is 0.330 e. The van der Waals surface area contributed by atoms with E-state index in [-0.39, 0.29) is 11.6 Å². The molecule has 1 saturated heterocycles. The molecule has 36 heavy (non-hydrogen) atoms. The van der Waals surface area contributed by atoms with Gasteiger partial charge in [0.1, 0.15) is 5.52 Å². The first-order valence-corrected chi connectivity index (χ1v) is 11.7. The second-order valence-electron chi connectivity index (χ2n) is 8.77. The number of hydrogen-bond acceptors (Lipinski definition) is 9. The average Bonchev–Trinajstić information content (AvgIpc) is 3.64. The van der Waals surface area contributed by atoms with Crippen LogP contribution in [0.25, 0.3) is 28.4 Å². The number of anilines is 2. The number of imidazole rings is 1. The van der Waals surface area contributed by atoms with E-state index in [0.29, 0.717) is 47.0 Å². The fourth-order valence-corrected chi connectivity index (χ4v) is 4.72. The van der Waals surface area contributed by atoms with Crippen LogP contribution in [0.15, 0.2) is 51.9 Å². The molecule has 0 radical (unpaired) electrons. The Morgan fingerprint density at radius 3 is 2.53 bits per heavy atom. The van der Waals surface area contributed by atoms with Crippen molar-refractivity contribution in [3.8, 4) is 17.7 Å². The summed E-state index contributed by atoms with van der Waals surface area (Å²) in [5.74, 6) is 1.04. The SMILES string of the molecule is Cn1c(=O)n(CCN2CCN(c3ccc(C#N)cc3)CC2)c2nc(N)n3nc(-c4ccco4)nc3c21. The molecule has 12 heteroatoms. The molecule has 12 nitrogen and oxygen atoms in total. The Kier molecular flexibility index (Phi) is 5.19. The number of fused-ring (bicyclic) bond motifs is 3. The van der Waals surface area contributed by atoms with Crippen LogP contribution in [0.3, 0.4) is 0 Å². The predicted octanol–water partition coefficient (Wildman–Crippen LogP) is 1.31. The average molecular weight is 485 g/mol. The van der Waals surface area contributed by atoms with Crippen molar-refractivity contribution in [2.24, 2.45) is 7.05 Å². The van der Waals surface area contributed by atoms with Gasteiger partial charge in [-0.25, -0.2) is 9.78 Å². The Balaban J connectivity index is 1.22. The van der Waals surface area contributed by atoms with Crippen LogP contribution in [0.1, 0.15) is 5.56 Å². The fourth-order valence-electron chi connectivity index (χ4n) is 4.72. The van der Waals surface area contributed by atoms with Gasteiger partial charge in [0, 0.05) is 52.0 Å². The molecule has 1 fully saturated rings. The lowest BCUT2D eigenvalue weighted by atomic mass is 10.2. The van der Waals surface area contributed by atoms with E-state index in [1.807, 2.05) is 24.3 Å². The van der Waals surface area contributed by atoms with Crippen molar-refractivity contribution in [1.82, 2.24) is 33.6 Å². The maximum atomic E-state index is 13.2. The summed E-state index contributed by atoms with van der Waals surface area (Å²) in [4.78, 5) is 26.9. The molecule has 0 unspecified atom stereocenters. The summed E-state index contributed by atoms with van der Waals surface area (Å²) in [7, 11) is 1.70. The number of nitrogens with zero attached hydrogens (tertiary/aromatic N) is 9. The molecule has 5 aromatic rings. The van der Waals surface area contributed by atoms with Gasteiger partial charge in [0.15, 0.2) is 17.1 Å². The van der Waals surface area contributed by atoms with Crippen molar-refractivity contribution in [1.29, 1.82) is 5.26 Å². The van der Waals surface area contributed by atoms with Crippen LogP contribution in [0.2, 0.25) is 0 Å². The third-order valence-electron chi connectivity index (χ3n) is 6.69. The highest BCUT2D eigenvalue weighted by Gasteiger charge is 2.23. The Hall–Kier alpha value is -4.63. The van der Waals surface area contributed by atoms with E-state index < -0.39 is 0 Å².